The van der Waals surface area contributed by atoms with Crippen LogP contribution in [0.5, 0.6) is 0 Å². The van der Waals surface area contributed by atoms with Gasteiger partial charge in [0, 0.05) is 23.7 Å². The van der Waals surface area contributed by atoms with Gasteiger partial charge in [0.2, 0.25) is 0 Å². The van der Waals surface area contributed by atoms with Gasteiger partial charge in [0.25, 0.3) is 0 Å². The number of ether oxygens (including phenoxy) is 1. The molecule has 1 atom stereocenters. The minimum atomic E-state index is 0.240. The Hall–Kier alpha value is -0.380. The quantitative estimate of drug-likeness (QED) is 0.920. The van der Waals surface area contributed by atoms with Crippen molar-refractivity contribution in [2.24, 2.45) is 0 Å². The average molecular weight is 310 g/mol. The molecule has 2 fully saturated rings. The van der Waals surface area contributed by atoms with Gasteiger partial charge in [0.15, 0.2) is 0 Å². The van der Waals surface area contributed by atoms with Crippen LogP contribution in [0.25, 0.3) is 0 Å². The predicted molar refractivity (Wildman–Crippen MR) is 76.5 cm³/mol. The van der Waals surface area contributed by atoms with E-state index in [4.69, 9.17) is 4.74 Å². The highest BCUT2D eigenvalue weighted by molar-refractivity contribution is 9.10. The molecular formula is C15H20BrNO. The Morgan fingerprint density at radius 2 is 2.17 bits per heavy atom. The molecule has 1 heterocycles. The Morgan fingerprint density at radius 3 is 2.89 bits per heavy atom. The van der Waals surface area contributed by atoms with E-state index in [0.29, 0.717) is 6.04 Å². The predicted octanol–water partition coefficient (Wildman–Crippen LogP) is 3.64. The van der Waals surface area contributed by atoms with Crippen LogP contribution in [-0.4, -0.2) is 18.2 Å². The molecule has 1 saturated heterocycles. The van der Waals surface area contributed by atoms with E-state index in [9.17, 15) is 0 Å². The average Bonchev–Trinajstić information content (AvgIpc) is 2.36. The molecule has 1 aliphatic heterocycles. The molecule has 3 heteroatoms. The number of nitrogens with one attached hydrogen (secondary N) is 1. The van der Waals surface area contributed by atoms with E-state index in [1.807, 2.05) is 0 Å². The van der Waals surface area contributed by atoms with E-state index >= 15 is 0 Å². The van der Waals surface area contributed by atoms with Crippen LogP contribution in [0.1, 0.15) is 37.7 Å². The van der Waals surface area contributed by atoms with Gasteiger partial charge in [-0.3, -0.25) is 0 Å². The summed E-state index contributed by atoms with van der Waals surface area (Å²) in [5.74, 6) is 0. The summed E-state index contributed by atoms with van der Waals surface area (Å²) in [5.41, 5.74) is 1.58. The third-order valence-electron chi connectivity index (χ3n) is 4.30. The van der Waals surface area contributed by atoms with Crippen LogP contribution in [0.4, 0.5) is 0 Å². The molecule has 0 amide bonds. The van der Waals surface area contributed by atoms with Gasteiger partial charge in [-0.2, -0.15) is 0 Å². The normalized spacial score (nSPS) is 25.9. The number of hydrogen-bond donors (Lipinski definition) is 1. The minimum Gasteiger partial charge on any atom is -0.375 e. The SMILES string of the molecule is Brc1ccccc1CNC1CCOC2(CCC2)C1. The Kier molecular flexibility index (Phi) is 3.73. The van der Waals surface area contributed by atoms with Crippen molar-refractivity contribution in [3.63, 3.8) is 0 Å². The van der Waals surface area contributed by atoms with E-state index in [-0.39, 0.29) is 5.60 Å². The van der Waals surface area contributed by atoms with Crippen LogP contribution in [-0.2, 0) is 11.3 Å². The fourth-order valence-corrected chi connectivity index (χ4v) is 3.44. The second kappa shape index (κ2) is 5.32. The maximum atomic E-state index is 5.96. The second-order valence-electron chi connectivity index (χ2n) is 5.55. The van der Waals surface area contributed by atoms with Gasteiger partial charge in [-0.25, -0.2) is 0 Å². The molecule has 1 aromatic rings. The largest absolute Gasteiger partial charge is 0.375 e. The van der Waals surface area contributed by atoms with Gasteiger partial charge in [-0.15, -0.1) is 0 Å². The molecule has 1 unspecified atom stereocenters. The Labute approximate surface area is 117 Å². The number of benzene rings is 1. The molecule has 1 spiro atoms. The molecule has 0 radical (unpaired) electrons. The summed E-state index contributed by atoms with van der Waals surface area (Å²) >= 11 is 3.60. The molecule has 1 saturated carbocycles. The van der Waals surface area contributed by atoms with Gasteiger partial charge in [0.1, 0.15) is 0 Å². The van der Waals surface area contributed by atoms with Gasteiger partial charge in [-0.05, 0) is 43.7 Å². The summed E-state index contributed by atoms with van der Waals surface area (Å²) in [6.45, 7) is 1.87. The van der Waals surface area contributed by atoms with E-state index in [1.165, 1.54) is 35.7 Å². The van der Waals surface area contributed by atoms with Crippen LogP contribution < -0.4 is 5.32 Å². The maximum Gasteiger partial charge on any atom is 0.0697 e. The zero-order valence-electron chi connectivity index (χ0n) is 10.6. The van der Waals surface area contributed by atoms with E-state index in [2.05, 4.69) is 45.5 Å². The highest BCUT2D eigenvalue weighted by Crippen LogP contribution is 2.42. The molecule has 1 aliphatic carbocycles. The highest BCUT2D eigenvalue weighted by Gasteiger charge is 2.42. The molecule has 2 nitrogen and oxygen atoms in total. The zero-order chi connectivity index (χ0) is 12.4. The lowest BCUT2D eigenvalue weighted by Gasteiger charge is -2.47. The van der Waals surface area contributed by atoms with Crippen LogP contribution in [0.15, 0.2) is 28.7 Å². The summed E-state index contributed by atoms with van der Waals surface area (Å²) in [6, 6.07) is 9.06. The summed E-state index contributed by atoms with van der Waals surface area (Å²) in [7, 11) is 0. The van der Waals surface area contributed by atoms with Crippen molar-refractivity contribution < 1.29 is 4.74 Å². The molecule has 2 aliphatic rings. The van der Waals surface area contributed by atoms with Crippen molar-refractivity contribution in [2.75, 3.05) is 6.61 Å². The molecule has 1 N–H and O–H groups in total. The summed E-state index contributed by atoms with van der Waals surface area (Å²) in [4.78, 5) is 0. The van der Waals surface area contributed by atoms with Crippen molar-refractivity contribution in [1.29, 1.82) is 0 Å². The fraction of sp³-hybridized carbons (Fsp3) is 0.600. The van der Waals surface area contributed by atoms with Crippen molar-refractivity contribution in [2.45, 2.75) is 50.3 Å². The number of hydrogen-bond acceptors (Lipinski definition) is 2. The highest BCUT2D eigenvalue weighted by atomic mass is 79.9. The summed E-state index contributed by atoms with van der Waals surface area (Å²) in [6.07, 6.45) is 6.21. The Bertz CT molecular complexity index is 417. The van der Waals surface area contributed by atoms with Crippen LogP contribution in [0.2, 0.25) is 0 Å². The minimum absolute atomic E-state index is 0.240. The smallest absolute Gasteiger partial charge is 0.0697 e. The molecule has 0 aromatic heterocycles. The van der Waals surface area contributed by atoms with E-state index in [0.717, 1.165) is 19.6 Å². The first-order valence-corrected chi connectivity index (χ1v) is 7.68. The Morgan fingerprint density at radius 1 is 1.33 bits per heavy atom. The van der Waals surface area contributed by atoms with Gasteiger partial charge in [0.05, 0.1) is 5.60 Å². The first-order chi connectivity index (χ1) is 8.77. The van der Waals surface area contributed by atoms with Crippen LogP contribution in [0.3, 0.4) is 0 Å². The van der Waals surface area contributed by atoms with Gasteiger partial charge in [-0.1, -0.05) is 34.1 Å². The topological polar surface area (TPSA) is 21.3 Å². The Balaban J connectivity index is 1.55. The standard InChI is InChI=1S/C15H20BrNO/c16-14-5-2-1-4-12(14)11-17-13-6-9-18-15(10-13)7-3-8-15/h1-2,4-5,13,17H,3,6-11H2. The number of rotatable bonds is 3. The van der Waals surface area contributed by atoms with E-state index in [1.54, 1.807) is 0 Å². The second-order valence-corrected chi connectivity index (χ2v) is 6.40. The third kappa shape index (κ3) is 2.63. The van der Waals surface area contributed by atoms with Crippen molar-refractivity contribution in [3.05, 3.63) is 34.3 Å². The lowest BCUT2D eigenvalue weighted by atomic mass is 9.74. The van der Waals surface area contributed by atoms with Crippen molar-refractivity contribution >= 4 is 15.9 Å². The molecule has 98 valence electrons. The van der Waals surface area contributed by atoms with Crippen LogP contribution in [0, 0.1) is 0 Å². The molecule has 18 heavy (non-hydrogen) atoms. The third-order valence-corrected chi connectivity index (χ3v) is 5.07. The fourth-order valence-electron chi connectivity index (χ4n) is 3.02. The summed E-state index contributed by atoms with van der Waals surface area (Å²) < 4.78 is 7.16. The first-order valence-electron chi connectivity index (χ1n) is 6.88. The first kappa shape index (κ1) is 12.6. The summed E-state index contributed by atoms with van der Waals surface area (Å²) in [5, 5.41) is 3.69. The maximum absolute atomic E-state index is 5.96. The van der Waals surface area contributed by atoms with Crippen LogP contribution >= 0.6 is 15.9 Å². The van der Waals surface area contributed by atoms with Crippen molar-refractivity contribution in [3.8, 4) is 0 Å². The molecule has 0 bridgehead atoms. The zero-order valence-corrected chi connectivity index (χ0v) is 12.2. The van der Waals surface area contributed by atoms with Crippen molar-refractivity contribution in [1.82, 2.24) is 5.32 Å². The van der Waals surface area contributed by atoms with Gasteiger partial charge < -0.3 is 10.1 Å². The molecular weight excluding hydrogens is 290 g/mol. The number of halogens is 1. The lowest BCUT2D eigenvalue weighted by molar-refractivity contribution is -0.135. The lowest BCUT2D eigenvalue weighted by Crippen LogP contribution is -2.50. The van der Waals surface area contributed by atoms with E-state index < -0.39 is 0 Å². The monoisotopic (exact) mass is 309 g/mol. The van der Waals surface area contributed by atoms with Gasteiger partial charge >= 0.3 is 0 Å². The molecule has 3 rings (SSSR count). The molecule has 1 aromatic carbocycles.